The van der Waals surface area contributed by atoms with Crippen LogP contribution in [0.3, 0.4) is 0 Å². The second-order valence-corrected chi connectivity index (χ2v) is 6.63. The van der Waals surface area contributed by atoms with Gasteiger partial charge in [0.1, 0.15) is 11.5 Å². The van der Waals surface area contributed by atoms with E-state index in [9.17, 15) is 4.79 Å². The number of aryl methyl sites for hydroxylation is 2. The third kappa shape index (κ3) is 4.24. The number of nitrogens with one attached hydrogen (secondary N) is 1. The van der Waals surface area contributed by atoms with Crippen molar-refractivity contribution in [1.29, 1.82) is 0 Å². The molecule has 1 N–H and O–H groups in total. The maximum Gasteiger partial charge on any atom is 0.254 e. The van der Waals surface area contributed by atoms with Crippen molar-refractivity contribution in [3.8, 4) is 0 Å². The molecule has 1 amide bonds. The van der Waals surface area contributed by atoms with Gasteiger partial charge in [0.25, 0.3) is 5.91 Å². The van der Waals surface area contributed by atoms with E-state index in [1.165, 1.54) is 0 Å². The van der Waals surface area contributed by atoms with Crippen molar-refractivity contribution >= 4 is 17.5 Å². The average molecular weight is 363 g/mol. The van der Waals surface area contributed by atoms with Crippen molar-refractivity contribution in [1.82, 2.24) is 10.2 Å². The number of carbonyl (C=O) groups is 1. The van der Waals surface area contributed by atoms with Gasteiger partial charge in [0.15, 0.2) is 0 Å². The molecule has 1 unspecified atom stereocenters. The highest BCUT2D eigenvalue weighted by molar-refractivity contribution is 6.31. The number of rotatable bonds is 5. The van der Waals surface area contributed by atoms with E-state index >= 15 is 0 Å². The third-order valence-corrected chi connectivity index (χ3v) is 4.84. The Kier molecular flexibility index (Phi) is 5.78. The first kappa shape index (κ1) is 18.0. The summed E-state index contributed by atoms with van der Waals surface area (Å²) in [5, 5.41) is 3.75. The second-order valence-electron chi connectivity index (χ2n) is 6.22. The standard InChI is InChI=1S/C19H23ClN2O3/c1-13-11-16(14(2)25-13)19(23)21-12-18(22-7-9-24-10-8-22)15-5-3-4-6-17(15)20/h3-6,11,18H,7-10,12H2,1-2H3,(H,21,23). The lowest BCUT2D eigenvalue weighted by Crippen LogP contribution is -2.44. The number of morpholine rings is 1. The molecule has 25 heavy (non-hydrogen) atoms. The SMILES string of the molecule is Cc1cc(C(=O)NCC(c2ccccc2Cl)N2CCOCC2)c(C)o1. The lowest BCUT2D eigenvalue weighted by Gasteiger charge is -2.35. The van der Waals surface area contributed by atoms with Gasteiger partial charge in [0, 0.05) is 24.7 Å². The van der Waals surface area contributed by atoms with E-state index in [1.54, 1.807) is 13.0 Å². The first-order chi connectivity index (χ1) is 12.1. The quantitative estimate of drug-likeness (QED) is 0.886. The van der Waals surface area contributed by atoms with Gasteiger partial charge in [-0.3, -0.25) is 9.69 Å². The molecule has 5 nitrogen and oxygen atoms in total. The second kappa shape index (κ2) is 8.04. The smallest absolute Gasteiger partial charge is 0.254 e. The van der Waals surface area contributed by atoms with Gasteiger partial charge in [-0.05, 0) is 31.5 Å². The van der Waals surface area contributed by atoms with Crippen molar-refractivity contribution in [3.63, 3.8) is 0 Å². The van der Waals surface area contributed by atoms with E-state index in [0.29, 0.717) is 36.1 Å². The van der Waals surface area contributed by atoms with Crippen LogP contribution in [0.2, 0.25) is 5.02 Å². The zero-order chi connectivity index (χ0) is 17.8. The molecule has 0 spiro atoms. The molecule has 1 aliphatic heterocycles. The summed E-state index contributed by atoms with van der Waals surface area (Å²) in [6.07, 6.45) is 0. The number of hydrogen-bond donors (Lipinski definition) is 1. The number of carbonyl (C=O) groups excluding carboxylic acids is 1. The predicted molar refractivity (Wildman–Crippen MR) is 97.1 cm³/mol. The highest BCUT2D eigenvalue weighted by Crippen LogP contribution is 2.28. The molecule has 1 aromatic carbocycles. The Morgan fingerprint density at radius 3 is 2.64 bits per heavy atom. The minimum Gasteiger partial charge on any atom is -0.466 e. The summed E-state index contributed by atoms with van der Waals surface area (Å²) in [6.45, 7) is 7.13. The summed E-state index contributed by atoms with van der Waals surface area (Å²) in [4.78, 5) is 14.8. The maximum atomic E-state index is 12.5. The topological polar surface area (TPSA) is 54.7 Å². The first-order valence-electron chi connectivity index (χ1n) is 8.47. The van der Waals surface area contributed by atoms with E-state index in [-0.39, 0.29) is 11.9 Å². The summed E-state index contributed by atoms with van der Waals surface area (Å²) in [5.74, 6) is 1.24. The Labute approximate surface area is 152 Å². The van der Waals surface area contributed by atoms with Crippen LogP contribution < -0.4 is 5.32 Å². The molecule has 134 valence electrons. The van der Waals surface area contributed by atoms with Crippen LogP contribution in [0.25, 0.3) is 0 Å². The molecule has 0 radical (unpaired) electrons. The molecule has 3 rings (SSSR count). The molecule has 1 saturated heterocycles. The van der Waals surface area contributed by atoms with Crippen molar-refractivity contribution in [2.24, 2.45) is 0 Å². The van der Waals surface area contributed by atoms with Crippen LogP contribution in [0.1, 0.15) is 33.5 Å². The largest absolute Gasteiger partial charge is 0.466 e. The molecule has 1 atom stereocenters. The molecule has 6 heteroatoms. The van der Waals surface area contributed by atoms with Gasteiger partial charge in [-0.2, -0.15) is 0 Å². The molecule has 0 bridgehead atoms. The summed E-state index contributed by atoms with van der Waals surface area (Å²) >= 11 is 6.41. The van der Waals surface area contributed by atoms with Crippen LogP contribution in [0.4, 0.5) is 0 Å². The minimum atomic E-state index is -0.125. The molecule has 2 aromatic rings. The van der Waals surface area contributed by atoms with E-state index in [2.05, 4.69) is 10.2 Å². The number of halogens is 1. The highest BCUT2D eigenvalue weighted by Gasteiger charge is 2.25. The molecule has 1 aromatic heterocycles. The number of ether oxygens (including phenoxy) is 1. The molecular weight excluding hydrogens is 340 g/mol. The van der Waals surface area contributed by atoms with Crippen LogP contribution in [0.15, 0.2) is 34.7 Å². The van der Waals surface area contributed by atoms with Crippen molar-refractivity contribution in [3.05, 3.63) is 58.0 Å². The van der Waals surface area contributed by atoms with E-state index in [4.69, 9.17) is 20.8 Å². The summed E-state index contributed by atoms with van der Waals surface area (Å²) < 4.78 is 10.9. The third-order valence-electron chi connectivity index (χ3n) is 4.49. The Balaban J connectivity index is 1.77. The Hall–Kier alpha value is -1.82. The number of furan rings is 1. The van der Waals surface area contributed by atoms with Gasteiger partial charge >= 0.3 is 0 Å². The molecular formula is C19H23ClN2O3. The fourth-order valence-electron chi connectivity index (χ4n) is 3.21. The molecule has 0 saturated carbocycles. The van der Waals surface area contributed by atoms with Gasteiger partial charge in [0.2, 0.25) is 0 Å². The normalized spacial score (nSPS) is 16.6. The van der Waals surface area contributed by atoms with Crippen molar-refractivity contribution < 1.29 is 13.9 Å². The van der Waals surface area contributed by atoms with Crippen LogP contribution in [0, 0.1) is 13.8 Å². The molecule has 2 heterocycles. The van der Waals surface area contributed by atoms with Crippen LogP contribution in [-0.2, 0) is 4.74 Å². The van der Waals surface area contributed by atoms with Crippen LogP contribution in [0.5, 0.6) is 0 Å². The van der Waals surface area contributed by atoms with Gasteiger partial charge in [0.05, 0.1) is 24.8 Å². The summed E-state index contributed by atoms with van der Waals surface area (Å²) in [5.41, 5.74) is 1.60. The number of nitrogens with zero attached hydrogens (tertiary/aromatic N) is 1. The highest BCUT2D eigenvalue weighted by atomic mass is 35.5. The predicted octanol–water partition coefficient (Wildman–Crippen LogP) is 3.35. The number of amides is 1. The van der Waals surface area contributed by atoms with Gasteiger partial charge in [-0.25, -0.2) is 0 Å². The number of hydrogen-bond acceptors (Lipinski definition) is 4. The Morgan fingerprint density at radius 1 is 1.28 bits per heavy atom. The first-order valence-corrected chi connectivity index (χ1v) is 8.85. The van der Waals surface area contributed by atoms with E-state index in [1.807, 2.05) is 31.2 Å². The van der Waals surface area contributed by atoms with Gasteiger partial charge in [-0.1, -0.05) is 29.8 Å². The van der Waals surface area contributed by atoms with Crippen molar-refractivity contribution in [2.45, 2.75) is 19.9 Å². The number of benzene rings is 1. The monoisotopic (exact) mass is 362 g/mol. The van der Waals surface area contributed by atoms with Crippen molar-refractivity contribution in [2.75, 3.05) is 32.8 Å². The molecule has 0 aliphatic carbocycles. The maximum absolute atomic E-state index is 12.5. The summed E-state index contributed by atoms with van der Waals surface area (Å²) in [6, 6.07) is 9.56. The van der Waals surface area contributed by atoms with E-state index in [0.717, 1.165) is 24.4 Å². The van der Waals surface area contributed by atoms with E-state index < -0.39 is 0 Å². The minimum absolute atomic E-state index is 0.00912. The van der Waals surface area contributed by atoms with Gasteiger partial charge in [-0.15, -0.1) is 0 Å². The average Bonchev–Trinajstić information content (AvgIpc) is 2.96. The Morgan fingerprint density at radius 2 is 2.00 bits per heavy atom. The van der Waals surface area contributed by atoms with Crippen LogP contribution >= 0.6 is 11.6 Å². The fraction of sp³-hybridized carbons (Fsp3) is 0.421. The van der Waals surface area contributed by atoms with Gasteiger partial charge < -0.3 is 14.5 Å². The summed E-state index contributed by atoms with van der Waals surface area (Å²) in [7, 11) is 0. The molecule has 1 aliphatic rings. The lowest BCUT2D eigenvalue weighted by molar-refractivity contribution is 0.0162. The lowest BCUT2D eigenvalue weighted by atomic mass is 10.0. The Bertz CT molecular complexity index is 738. The molecule has 1 fully saturated rings. The van der Waals surface area contributed by atoms with Crippen LogP contribution in [-0.4, -0.2) is 43.7 Å². The fourth-order valence-corrected chi connectivity index (χ4v) is 3.47. The zero-order valence-electron chi connectivity index (χ0n) is 14.5. The zero-order valence-corrected chi connectivity index (χ0v) is 15.3.